The molecular weight excluding hydrogens is 186 g/mol. The Morgan fingerprint density at radius 1 is 1.62 bits per heavy atom. The van der Waals surface area contributed by atoms with Crippen LogP contribution in [0.4, 0.5) is 0 Å². The van der Waals surface area contributed by atoms with Gasteiger partial charge in [0.25, 0.3) is 5.19 Å². The van der Waals surface area contributed by atoms with Crippen molar-refractivity contribution in [2.75, 3.05) is 13.6 Å². The van der Waals surface area contributed by atoms with Crippen LogP contribution in [0.2, 0.25) is 0 Å². The van der Waals surface area contributed by atoms with Crippen molar-refractivity contribution in [3.05, 3.63) is 5.82 Å². The van der Waals surface area contributed by atoms with Crippen LogP contribution in [0.25, 0.3) is 0 Å². The van der Waals surface area contributed by atoms with E-state index in [4.69, 9.17) is 4.74 Å². The monoisotopic (exact) mass is 201 g/mol. The highest BCUT2D eigenvalue weighted by molar-refractivity contribution is 7.07. The van der Waals surface area contributed by atoms with E-state index in [-0.39, 0.29) is 6.10 Å². The summed E-state index contributed by atoms with van der Waals surface area (Å²) in [5.41, 5.74) is 0. The number of hydrogen-bond acceptors (Lipinski definition) is 5. The first-order valence-corrected chi connectivity index (χ1v) is 5.17. The number of aryl methyl sites for hydroxylation is 1. The third kappa shape index (κ3) is 3.28. The van der Waals surface area contributed by atoms with Crippen LogP contribution in [0.5, 0.6) is 5.19 Å². The van der Waals surface area contributed by atoms with Gasteiger partial charge in [0.15, 0.2) is 0 Å². The standard InChI is InChI=1S/C8H15N3OS/c1-4-7-10-8(13-11-7)12-6(2)5-9-3/h6,9H,4-5H2,1-3H3. The Bertz CT molecular complexity index is 251. The average Bonchev–Trinajstić information content (AvgIpc) is 2.52. The minimum atomic E-state index is 0.141. The van der Waals surface area contributed by atoms with Gasteiger partial charge in [-0.15, -0.1) is 0 Å². The number of nitrogens with zero attached hydrogens (tertiary/aromatic N) is 2. The van der Waals surface area contributed by atoms with Gasteiger partial charge >= 0.3 is 0 Å². The maximum absolute atomic E-state index is 5.52. The normalized spacial score (nSPS) is 12.8. The minimum Gasteiger partial charge on any atom is -0.465 e. The lowest BCUT2D eigenvalue weighted by Gasteiger charge is -2.09. The number of nitrogens with one attached hydrogen (secondary N) is 1. The third-order valence-electron chi connectivity index (χ3n) is 1.56. The summed E-state index contributed by atoms with van der Waals surface area (Å²) in [7, 11) is 1.90. The number of rotatable bonds is 5. The van der Waals surface area contributed by atoms with Crippen LogP contribution >= 0.6 is 11.5 Å². The molecule has 74 valence electrons. The first kappa shape index (κ1) is 10.4. The second kappa shape index (κ2) is 5.14. The van der Waals surface area contributed by atoms with E-state index in [2.05, 4.69) is 14.7 Å². The quantitative estimate of drug-likeness (QED) is 0.774. The van der Waals surface area contributed by atoms with Crippen molar-refractivity contribution in [2.45, 2.75) is 26.4 Å². The van der Waals surface area contributed by atoms with Crippen LogP contribution in [0.1, 0.15) is 19.7 Å². The fourth-order valence-electron chi connectivity index (χ4n) is 0.931. The zero-order valence-electron chi connectivity index (χ0n) is 8.20. The Kier molecular flexibility index (Phi) is 4.11. The summed E-state index contributed by atoms with van der Waals surface area (Å²) in [6.45, 7) is 4.85. The molecule has 0 amide bonds. The van der Waals surface area contributed by atoms with Crippen molar-refractivity contribution in [1.82, 2.24) is 14.7 Å². The summed E-state index contributed by atoms with van der Waals surface area (Å²) in [5, 5.41) is 3.71. The predicted molar refractivity (Wildman–Crippen MR) is 53.3 cm³/mol. The largest absolute Gasteiger partial charge is 0.465 e. The van der Waals surface area contributed by atoms with Gasteiger partial charge in [-0.1, -0.05) is 6.92 Å². The molecule has 0 saturated heterocycles. The minimum absolute atomic E-state index is 0.141. The lowest BCUT2D eigenvalue weighted by Crippen LogP contribution is -2.25. The van der Waals surface area contributed by atoms with Crippen molar-refractivity contribution in [3.63, 3.8) is 0 Å². The molecule has 0 saturated carbocycles. The highest BCUT2D eigenvalue weighted by atomic mass is 32.1. The molecule has 4 nitrogen and oxygen atoms in total. The third-order valence-corrected chi connectivity index (χ3v) is 2.20. The topological polar surface area (TPSA) is 47.0 Å². The van der Waals surface area contributed by atoms with Gasteiger partial charge in [-0.2, -0.15) is 9.36 Å². The van der Waals surface area contributed by atoms with Gasteiger partial charge in [-0.3, -0.25) is 0 Å². The van der Waals surface area contributed by atoms with Gasteiger partial charge < -0.3 is 10.1 Å². The highest BCUT2D eigenvalue weighted by Gasteiger charge is 2.07. The van der Waals surface area contributed by atoms with Gasteiger partial charge in [-0.25, -0.2) is 0 Å². The molecule has 0 aromatic carbocycles. The molecule has 1 aromatic rings. The van der Waals surface area contributed by atoms with Gasteiger partial charge in [-0.05, 0) is 14.0 Å². The molecule has 13 heavy (non-hydrogen) atoms. The van der Waals surface area contributed by atoms with E-state index in [0.29, 0.717) is 5.19 Å². The number of hydrogen-bond donors (Lipinski definition) is 1. The Balaban J connectivity index is 2.44. The van der Waals surface area contributed by atoms with Gasteiger partial charge in [0.2, 0.25) is 0 Å². The SMILES string of the molecule is CCc1nsc(OC(C)CNC)n1. The molecule has 1 rings (SSSR count). The van der Waals surface area contributed by atoms with E-state index in [9.17, 15) is 0 Å². The van der Waals surface area contributed by atoms with Crippen molar-refractivity contribution < 1.29 is 4.74 Å². The maximum atomic E-state index is 5.52. The lowest BCUT2D eigenvalue weighted by molar-refractivity contribution is 0.219. The Morgan fingerprint density at radius 3 is 2.92 bits per heavy atom. The fourth-order valence-corrected chi connectivity index (χ4v) is 1.64. The molecule has 1 atom stereocenters. The summed E-state index contributed by atoms with van der Waals surface area (Å²) >= 11 is 1.32. The second-order valence-electron chi connectivity index (χ2n) is 2.82. The van der Waals surface area contributed by atoms with Crippen LogP contribution in [-0.4, -0.2) is 29.1 Å². The number of likely N-dealkylation sites (N-methyl/N-ethyl adjacent to an activating group) is 1. The fraction of sp³-hybridized carbons (Fsp3) is 0.750. The highest BCUT2D eigenvalue weighted by Crippen LogP contribution is 2.15. The molecule has 1 N–H and O–H groups in total. The van der Waals surface area contributed by atoms with E-state index >= 15 is 0 Å². The molecular formula is C8H15N3OS. The molecule has 0 fully saturated rings. The Morgan fingerprint density at radius 2 is 2.38 bits per heavy atom. The van der Waals surface area contributed by atoms with Crippen LogP contribution < -0.4 is 10.1 Å². The van der Waals surface area contributed by atoms with E-state index in [1.54, 1.807) is 0 Å². The van der Waals surface area contributed by atoms with Gasteiger partial charge in [0.05, 0.1) is 0 Å². The first-order chi connectivity index (χ1) is 6.26. The second-order valence-corrected chi connectivity index (χ2v) is 3.53. The van der Waals surface area contributed by atoms with Crippen LogP contribution in [-0.2, 0) is 6.42 Å². The van der Waals surface area contributed by atoms with Crippen molar-refractivity contribution in [3.8, 4) is 5.19 Å². The molecule has 1 aromatic heterocycles. The molecule has 0 aliphatic heterocycles. The van der Waals surface area contributed by atoms with E-state index in [1.165, 1.54) is 11.5 Å². The molecule has 0 bridgehead atoms. The van der Waals surface area contributed by atoms with Gasteiger partial charge in [0, 0.05) is 24.5 Å². The summed E-state index contributed by atoms with van der Waals surface area (Å²) in [4.78, 5) is 4.21. The molecule has 0 radical (unpaired) electrons. The molecule has 5 heteroatoms. The van der Waals surface area contributed by atoms with E-state index in [0.717, 1.165) is 18.8 Å². The van der Waals surface area contributed by atoms with Gasteiger partial charge in [0.1, 0.15) is 11.9 Å². The molecule has 0 aliphatic rings. The Labute approximate surface area is 82.5 Å². The van der Waals surface area contributed by atoms with E-state index in [1.807, 2.05) is 20.9 Å². The summed E-state index contributed by atoms with van der Waals surface area (Å²) in [6, 6.07) is 0. The maximum Gasteiger partial charge on any atom is 0.293 e. The van der Waals surface area contributed by atoms with Crippen LogP contribution in [0, 0.1) is 0 Å². The Hall–Kier alpha value is -0.680. The van der Waals surface area contributed by atoms with E-state index < -0.39 is 0 Å². The van der Waals surface area contributed by atoms with Crippen LogP contribution in [0.15, 0.2) is 0 Å². The summed E-state index contributed by atoms with van der Waals surface area (Å²) < 4.78 is 9.65. The van der Waals surface area contributed by atoms with Crippen molar-refractivity contribution in [2.24, 2.45) is 0 Å². The van der Waals surface area contributed by atoms with Crippen molar-refractivity contribution in [1.29, 1.82) is 0 Å². The average molecular weight is 201 g/mol. The molecule has 0 aliphatic carbocycles. The molecule has 0 spiro atoms. The number of aromatic nitrogens is 2. The lowest BCUT2D eigenvalue weighted by atomic mass is 10.4. The van der Waals surface area contributed by atoms with Crippen molar-refractivity contribution >= 4 is 11.5 Å². The zero-order chi connectivity index (χ0) is 9.68. The summed E-state index contributed by atoms with van der Waals surface area (Å²) in [6.07, 6.45) is 1.00. The zero-order valence-corrected chi connectivity index (χ0v) is 9.02. The summed E-state index contributed by atoms with van der Waals surface area (Å²) in [5.74, 6) is 0.858. The first-order valence-electron chi connectivity index (χ1n) is 4.40. The molecule has 1 heterocycles. The predicted octanol–water partition coefficient (Wildman–Crippen LogP) is 1.09. The number of ether oxygens (including phenoxy) is 1. The molecule has 1 unspecified atom stereocenters. The smallest absolute Gasteiger partial charge is 0.293 e. The van der Waals surface area contributed by atoms with Crippen LogP contribution in [0.3, 0.4) is 0 Å².